The molecule has 8 heteroatoms. The van der Waals surface area contributed by atoms with Crippen molar-refractivity contribution in [1.29, 1.82) is 0 Å². The highest BCUT2D eigenvalue weighted by Crippen LogP contribution is 2.26. The van der Waals surface area contributed by atoms with E-state index in [4.69, 9.17) is 5.11 Å². The summed E-state index contributed by atoms with van der Waals surface area (Å²) in [5, 5.41) is 9.03. The van der Waals surface area contributed by atoms with Gasteiger partial charge in [0.1, 0.15) is 6.54 Å². The summed E-state index contributed by atoms with van der Waals surface area (Å²) in [7, 11) is -3.96. The first kappa shape index (κ1) is 17.0. The number of aliphatic carboxylic acids is 1. The van der Waals surface area contributed by atoms with Crippen LogP contribution < -0.4 is 4.31 Å². The van der Waals surface area contributed by atoms with Gasteiger partial charge in [-0.15, -0.1) is 0 Å². The number of nitrogens with zero attached hydrogens (tertiary/aromatic N) is 1. The average Bonchev–Trinajstić information content (AvgIpc) is 2.46. The lowest BCUT2D eigenvalue weighted by atomic mass is 10.3. The summed E-state index contributed by atoms with van der Waals surface area (Å²) in [6.07, 6.45) is 0. The molecule has 0 amide bonds. The molecule has 0 atom stereocenters. The number of carboxylic acid groups (broad SMARTS) is 1. The molecule has 0 aliphatic rings. The van der Waals surface area contributed by atoms with E-state index in [0.717, 1.165) is 13.3 Å². The van der Waals surface area contributed by atoms with Crippen molar-refractivity contribution in [2.24, 2.45) is 0 Å². The van der Waals surface area contributed by atoms with Gasteiger partial charge < -0.3 is 5.11 Å². The maximum atomic E-state index is 12.7. The first-order valence-corrected chi connectivity index (χ1v) is 9.09. The smallest absolute Gasteiger partial charge is 0.324 e. The predicted molar refractivity (Wildman–Crippen MR) is 90.5 cm³/mol. The second kappa shape index (κ2) is 6.80. The van der Waals surface area contributed by atoms with Crippen molar-refractivity contribution in [2.75, 3.05) is 10.8 Å². The van der Waals surface area contributed by atoms with Crippen molar-refractivity contribution < 1.29 is 18.3 Å². The molecular formula is C14H11Br2NO4S. The zero-order valence-corrected chi connectivity index (χ0v) is 15.1. The number of carbonyl (C=O) groups is 1. The maximum Gasteiger partial charge on any atom is 0.324 e. The molecule has 0 spiro atoms. The minimum Gasteiger partial charge on any atom is -0.480 e. The summed E-state index contributed by atoms with van der Waals surface area (Å²) in [5.41, 5.74) is 0.286. The molecule has 0 saturated heterocycles. The van der Waals surface area contributed by atoms with Gasteiger partial charge in [-0.2, -0.15) is 0 Å². The van der Waals surface area contributed by atoms with E-state index in [1.807, 2.05) is 0 Å². The Balaban J connectivity index is 2.50. The fraction of sp³-hybridized carbons (Fsp3) is 0.0714. The third kappa shape index (κ3) is 3.88. The van der Waals surface area contributed by atoms with Crippen LogP contribution in [0.4, 0.5) is 5.69 Å². The van der Waals surface area contributed by atoms with Gasteiger partial charge in [0.2, 0.25) is 0 Å². The highest BCUT2D eigenvalue weighted by Gasteiger charge is 2.26. The second-order valence-electron chi connectivity index (χ2n) is 4.34. The van der Waals surface area contributed by atoms with E-state index in [1.54, 1.807) is 36.4 Å². The van der Waals surface area contributed by atoms with Crippen LogP contribution in [0.2, 0.25) is 0 Å². The SMILES string of the molecule is O=C(O)CN(c1ccc(Br)cc1)S(=O)(=O)c1ccc(Br)cc1. The Morgan fingerprint density at radius 1 is 0.955 bits per heavy atom. The summed E-state index contributed by atoms with van der Waals surface area (Å²) < 4.78 is 27.8. The number of anilines is 1. The number of benzene rings is 2. The predicted octanol–water partition coefficient (Wildman–Crippen LogP) is 3.49. The fourth-order valence-electron chi connectivity index (χ4n) is 1.78. The average molecular weight is 449 g/mol. The number of rotatable bonds is 5. The molecule has 2 aromatic rings. The Hall–Kier alpha value is -1.38. The molecule has 116 valence electrons. The Morgan fingerprint density at radius 3 is 1.86 bits per heavy atom. The minimum absolute atomic E-state index is 0.0277. The highest BCUT2D eigenvalue weighted by atomic mass is 79.9. The summed E-state index contributed by atoms with van der Waals surface area (Å²) in [4.78, 5) is 11.1. The van der Waals surface area contributed by atoms with Gasteiger partial charge in [0.15, 0.2) is 0 Å². The van der Waals surface area contributed by atoms with E-state index in [1.165, 1.54) is 12.1 Å². The molecule has 0 aromatic heterocycles. The molecule has 2 aromatic carbocycles. The molecular weight excluding hydrogens is 438 g/mol. The van der Waals surface area contributed by atoms with Crippen molar-refractivity contribution in [3.05, 3.63) is 57.5 Å². The van der Waals surface area contributed by atoms with E-state index in [0.29, 0.717) is 0 Å². The topological polar surface area (TPSA) is 74.7 Å². The summed E-state index contributed by atoms with van der Waals surface area (Å²) in [6, 6.07) is 12.4. The van der Waals surface area contributed by atoms with Gasteiger partial charge in [-0.25, -0.2) is 8.42 Å². The van der Waals surface area contributed by atoms with E-state index in [2.05, 4.69) is 31.9 Å². The van der Waals surface area contributed by atoms with Gasteiger partial charge in [0, 0.05) is 8.95 Å². The van der Waals surface area contributed by atoms with Crippen LogP contribution in [0.5, 0.6) is 0 Å². The van der Waals surface area contributed by atoms with E-state index in [-0.39, 0.29) is 10.6 Å². The van der Waals surface area contributed by atoms with Gasteiger partial charge in [-0.1, -0.05) is 31.9 Å². The monoisotopic (exact) mass is 447 g/mol. The van der Waals surface area contributed by atoms with Crippen LogP contribution in [0, 0.1) is 0 Å². The van der Waals surface area contributed by atoms with Crippen molar-refractivity contribution >= 4 is 53.5 Å². The third-order valence-electron chi connectivity index (χ3n) is 2.80. The number of carboxylic acids is 1. The Kier molecular flexibility index (Phi) is 5.25. The molecule has 22 heavy (non-hydrogen) atoms. The number of hydrogen-bond donors (Lipinski definition) is 1. The van der Waals surface area contributed by atoms with Gasteiger partial charge in [0.25, 0.3) is 10.0 Å². The molecule has 2 rings (SSSR count). The van der Waals surface area contributed by atoms with Crippen LogP contribution >= 0.6 is 31.9 Å². The lowest BCUT2D eigenvalue weighted by molar-refractivity contribution is -0.135. The normalized spacial score (nSPS) is 11.2. The van der Waals surface area contributed by atoms with Gasteiger partial charge in [0.05, 0.1) is 10.6 Å². The molecule has 0 heterocycles. The molecule has 0 bridgehead atoms. The summed E-state index contributed by atoms with van der Waals surface area (Å²) in [6.45, 7) is -0.653. The van der Waals surface area contributed by atoms with Gasteiger partial charge in [-0.05, 0) is 48.5 Å². The van der Waals surface area contributed by atoms with Crippen LogP contribution in [0.3, 0.4) is 0 Å². The van der Waals surface area contributed by atoms with Crippen molar-refractivity contribution in [3.63, 3.8) is 0 Å². The van der Waals surface area contributed by atoms with E-state index < -0.39 is 22.5 Å². The van der Waals surface area contributed by atoms with Crippen LogP contribution in [0.25, 0.3) is 0 Å². The number of hydrogen-bond acceptors (Lipinski definition) is 3. The quantitative estimate of drug-likeness (QED) is 0.759. The molecule has 0 fully saturated rings. The first-order valence-electron chi connectivity index (χ1n) is 6.06. The lowest BCUT2D eigenvalue weighted by Gasteiger charge is -2.22. The highest BCUT2D eigenvalue weighted by molar-refractivity contribution is 9.10. The maximum absolute atomic E-state index is 12.7. The van der Waals surface area contributed by atoms with Crippen LogP contribution in [-0.2, 0) is 14.8 Å². The number of sulfonamides is 1. The zero-order valence-electron chi connectivity index (χ0n) is 11.1. The molecule has 1 N–H and O–H groups in total. The Labute approximate surface area is 144 Å². The van der Waals surface area contributed by atoms with Crippen LogP contribution in [0.1, 0.15) is 0 Å². The van der Waals surface area contributed by atoms with Gasteiger partial charge in [-0.3, -0.25) is 9.10 Å². The largest absolute Gasteiger partial charge is 0.480 e. The van der Waals surface area contributed by atoms with Crippen LogP contribution in [-0.4, -0.2) is 26.0 Å². The first-order chi connectivity index (χ1) is 10.3. The standard InChI is InChI=1S/C14H11Br2NO4S/c15-10-1-5-12(6-2-10)17(9-14(18)19)22(20,21)13-7-3-11(16)4-8-13/h1-8H,9H2,(H,18,19). The van der Waals surface area contributed by atoms with E-state index >= 15 is 0 Å². The molecule has 5 nitrogen and oxygen atoms in total. The van der Waals surface area contributed by atoms with Crippen LogP contribution in [0.15, 0.2) is 62.4 Å². The second-order valence-corrected chi connectivity index (χ2v) is 8.03. The zero-order chi connectivity index (χ0) is 16.3. The molecule has 0 radical (unpaired) electrons. The van der Waals surface area contributed by atoms with E-state index in [9.17, 15) is 13.2 Å². The van der Waals surface area contributed by atoms with Crippen molar-refractivity contribution in [2.45, 2.75) is 4.90 Å². The minimum atomic E-state index is -3.96. The van der Waals surface area contributed by atoms with Crippen molar-refractivity contribution in [1.82, 2.24) is 0 Å². The molecule has 0 aliphatic heterocycles. The Morgan fingerprint density at radius 2 is 1.41 bits per heavy atom. The van der Waals surface area contributed by atoms with Crippen molar-refractivity contribution in [3.8, 4) is 0 Å². The van der Waals surface area contributed by atoms with Gasteiger partial charge >= 0.3 is 5.97 Å². The fourth-order valence-corrected chi connectivity index (χ4v) is 3.72. The third-order valence-corrected chi connectivity index (χ3v) is 5.64. The summed E-state index contributed by atoms with van der Waals surface area (Å²) >= 11 is 6.49. The number of halogens is 2. The molecule has 0 saturated carbocycles. The summed E-state index contributed by atoms with van der Waals surface area (Å²) in [5.74, 6) is -1.23. The molecule has 0 aliphatic carbocycles. The molecule has 0 unspecified atom stereocenters. The Bertz CT molecular complexity index is 773. The lowest BCUT2D eigenvalue weighted by Crippen LogP contribution is -2.35.